The minimum atomic E-state index is 0.0515. The zero-order valence-electron chi connectivity index (χ0n) is 7.53. The summed E-state index contributed by atoms with van der Waals surface area (Å²) in [6, 6.07) is 0. The van der Waals surface area contributed by atoms with Crippen LogP contribution in [0, 0.1) is 17.2 Å². The third-order valence-electron chi connectivity index (χ3n) is 4.13. The fourth-order valence-corrected chi connectivity index (χ4v) is 3.71. The SMILES string of the molecule is [2H][C@]12CCC[C@]13CC[C@H](C2)C3. The van der Waals surface area contributed by atoms with Crippen molar-refractivity contribution < 1.29 is 1.37 Å². The lowest BCUT2D eigenvalue weighted by molar-refractivity contribution is 0.227. The van der Waals surface area contributed by atoms with Crippen molar-refractivity contribution in [3.63, 3.8) is 0 Å². The molecule has 0 aromatic carbocycles. The fourth-order valence-electron chi connectivity index (χ4n) is 3.71. The van der Waals surface area contributed by atoms with Gasteiger partial charge in [0.05, 0.1) is 0 Å². The molecule has 1 spiro atoms. The highest BCUT2D eigenvalue weighted by molar-refractivity contribution is 5.04. The largest absolute Gasteiger partial charge is 0.0525 e. The van der Waals surface area contributed by atoms with Crippen LogP contribution in [-0.4, -0.2) is 0 Å². The van der Waals surface area contributed by atoms with Gasteiger partial charge >= 0.3 is 0 Å². The maximum absolute atomic E-state index is 8.38. The molecule has 0 nitrogen and oxygen atoms in total. The molecule has 3 aliphatic rings. The van der Waals surface area contributed by atoms with Gasteiger partial charge in [0.15, 0.2) is 0 Å². The molecule has 3 aliphatic carbocycles. The van der Waals surface area contributed by atoms with E-state index >= 15 is 0 Å². The van der Waals surface area contributed by atoms with Crippen molar-refractivity contribution in [2.24, 2.45) is 17.2 Å². The van der Waals surface area contributed by atoms with Crippen LogP contribution >= 0.6 is 0 Å². The molecular weight excluding hydrogens is 120 g/mol. The topological polar surface area (TPSA) is 0 Å². The molecular formula is C10H16. The molecule has 0 radical (unpaired) electrons. The van der Waals surface area contributed by atoms with Crippen molar-refractivity contribution in [3.05, 3.63) is 0 Å². The zero-order chi connectivity index (χ0) is 7.53. The average Bonchev–Trinajstić information content (AvgIpc) is 2.49. The second-order valence-electron chi connectivity index (χ2n) is 4.55. The van der Waals surface area contributed by atoms with Gasteiger partial charge in [-0.2, -0.15) is 0 Å². The van der Waals surface area contributed by atoms with E-state index in [1.54, 1.807) is 0 Å². The van der Waals surface area contributed by atoms with E-state index in [0.717, 1.165) is 5.92 Å². The van der Waals surface area contributed by atoms with Crippen molar-refractivity contribution >= 4 is 0 Å². The average molecular weight is 137 g/mol. The number of hydrogen-bond donors (Lipinski definition) is 0. The van der Waals surface area contributed by atoms with Crippen LogP contribution in [-0.2, 0) is 0 Å². The van der Waals surface area contributed by atoms with E-state index in [9.17, 15) is 0 Å². The van der Waals surface area contributed by atoms with Crippen molar-refractivity contribution in [3.8, 4) is 0 Å². The Bertz CT molecular complexity index is 195. The van der Waals surface area contributed by atoms with E-state index < -0.39 is 0 Å². The minimum absolute atomic E-state index is 0.0515. The van der Waals surface area contributed by atoms with Crippen LogP contribution in [0.5, 0.6) is 0 Å². The van der Waals surface area contributed by atoms with Gasteiger partial charge in [0, 0.05) is 1.37 Å². The molecule has 3 rings (SSSR count). The Labute approximate surface area is 64.4 Å². The molecule has 3 fully saturated rings. The van der Waals surface area contributed by atoms with Crippen molar-refractivity contribution in [1.29, 1.82) is 0 Å². The van der Waals surface area contributed by atoms with E-state index in [1.165, 1.54) is 44.9 Å². The molecule has 3 atom stereocenters. The number of hydrogen-bond acceptors (Lipinski definition) is 0. The molecule has 0 heteroatoms. The number of rotatable bonds is 0. The lowest BCUT2D eigenvalue weighted by atomic mass is 9.78. The molecule has 0 heterocycles. The predicted molar refractivity (Wildman–Crippen MR) is 41.7 cm³/mol. The summed E-state index contributed by atoms with van der Waals surface area (Å²) in [5.41, 5.74) is 0.525. The summed E-state index contributed by atoms with van der Waals surface area (Å²) < 4.78 is 8.38. The molecule has 0 saturated heterocycles. The molecule has 56 valence electrons. The van der Waals surface area contributed by atoms with Crippen molar-refractivity contribution in [2.45, 2.75) is 44.9 Å². The predicted octanol–water partition coefficient (Wildman–Crippen LogP) is 2.98. The van der Waals surface area contributed by atoms with Crippen LogP contribution in [0.4, 0.5) is 0 Å². The van der Waals surface area contributed by atoms with Gasteiger partial charge in [-0.1, -0.05) is 6.42 Å². The second kappa shape index (κ2) is 1.60. The summed E-state index contributed by atoms with van der Waals surface area (Å²) in [5.74, 6) is 1.00. The van der Waals surface area contributed by atoms with Gasteiger partial charge in [0.2, 0.25) is 0 Å². The van der Waals surface area contributed by atoms with Crippen LogP contribution < -0.4 is 0 Å². The summed E-state index contributed by atoms with van der Waals surface area (Å²) in [4.78, 5) is 0. The van der Waals surface area contributed by atoms with Gasteiger partial charge in [0.25, 0.3) is 0 Å². The summed E-state index contributed by atoms with van der Waals surface area (Å²) in [5, 5.41) is 0. The fraction of sp³-hybridized carbons (Fsp3) is 1.00. The molecule has 10 heavy (non-hydrogen) atoms. The highest BCUT2D eigenvalue weighted by Gasteiger charge is 2.53. The Balaban J connectivity index is 2.05. The summed E-state index contributed by atoms with van der Waals surface area (Å²) in [7, 11) is 0. The van der Waals surface area contributed by atoms with Crippen LogP contribution in [0.15, 0.2) is 0 Å². The van der Waals surface area contributed by atoms with Gasteiger partial charge < -0.3 is 0 Å². The van der Waals surface area contributed by atoms with Crippen LogP contribution in [0.3, 0.4) is 0 Å². The highest BCUT2D eigenvalue weighted by atomic mass is 14.6. The standard InChI is InChI=1S/C10H16/c1-2-9-6-8-3-5-10(9,4-1)7-8/h8-9H,1-7H2/t8-,9-,10-/m1/s1/i9D. The first-order valence-corrected chi connectivity index (χ1v) is 4.74. The Kier molecular flexibility index (Phi) is 0.765. The van der Waals surface area contributed by atoms with Crippen molar-refractivity contribution in [1.82, 2.24) is 0 Å². The Hall–Kier alpha value is 0. The molecule has 0 amide bonds. The van der Waals surface area contributed by atoms with Gasteiger partial charge in [-0.15, -0.1) is 0 Å². The molecule has 0 aliphatic heterocycles. The minimum Gasteiger partial charge on any atom is -0.0525 e. The summed E-state index contributed by atoms with van der Waals surface area (Å²) >= 11 is 0. The normalized spacial score (nSPS) is 66.4. The quantitative estimate of drug-likeness (QED) is 0.481. The van der Waals surface area contributed by atoms with E-state index in [1.807, 2.05) is 0 Å². The monoisotopic (exact) mass is 137 g/mol. The molecule has 2 bridgehead atoms. The number of fused-ring (bicyclic) bond motifs is 1. The molecule has 0 aromatic heterocycles. The second-order valence-corrected chi connectivity index (χ2v) is 4.55. The van der Waals surface area contributed by atoms with Gasteiger partial charge in [-0.25, -0.2) is 0 Å². The Morgan fingerprint density at radius 2 is 2.30 bits per heavy atom. The van der Waals surface area contributed by atoms with E-state index in [-0.39, 0.29) is 5.89 Å². The van der Waals surface area contributed by atoms with Gasteiger partial charge in [-0.3, -0.25) is 0 Å². The van der Waals surface area contributed by atoms with E-state index in [0.29, 0.717) is 5.41 Å². The van der Waals surface area contributed by atoms with E-state index in [4.69, 9.17) is 1.37 Å². The first-order chi connectivity index (χ1) is 5.24. The van der Waals surface area contributed by atoms with Crippen LogP contribution in [0.1, 0.15) is 46.3 Å². The highest BCUT2D eigenvalue weighted by Crippen LogP contribution is 2.64. The third-order valence-corrected chi connectivity index (χ3v) is 4.13. The van der Waals surface area contributed by atoms with Crippen LogP contribution in [0.25, 0.3) is 0 Å². The maximum Gasteiger partial charge on any atom is 0.0308 e. The first kappa shape index (κ1) is 4.79. The van der Waals surface area contributed by atoms with Crippen LogP contribution in [0.2, 0.25) is 0 Å². The van der Waals surface area contributed by atoms with Gasteiger partial charge in [-0.05, 0) is 55.8 Å². The Morgan fingerprint density at radius 1 is 1.30 bits per heavy atom. The summed E-state index contributed by atoms with van der Waals surface area (Å²) in [6.45, 7) is 0. The molecule has 3 saturated carbocycles. The molecule has 0 aromatic rings. The summed E-state index contributed by atoms with van der Waals surface area (Å²) in [6.07, 6.45) is 9.43. The first-order valence-electron chi connectivity index (χ1n) is 5.24. The lowest BCUT2D eigenvalue weighted by Crippen LogP contribution is -2.18. The van der Waals surface area contributed by atoms with E-state index in [2.05, 4.69) is 0 Å². The molecule has 0 unspecified atom stereocenters. The molecule has 0 N–H and O–H groups in total. The maximum atomic E-state index is 8.38. The Morgan fingerprint density at radius 3 is 3.10 bits per heavy atom. The third kappa shape index (κ3) is 0.500. The smallest absolute Gasteiger partial charge is 0.0308 e. The van der Waals surface area contributed by atoms with Crippen molar-refractivity contribution in [2.75, 3.05) is 0 Å². The van der Waals surface area contributed by atoms with Gasteiger partial charge in [0.1, 0.15) is 0 Å². The lowest BCUT2D eigenvalue weighted by Gasteiger charge is -2.27. The zero-order valence-corrected chi connectivity index (χ0v) is 6.53.